The molecular formula is C49H55B5N4O2. The molecule has 1 aliphatic rings. The molecule has 60 heavy (non-hydrogen) atoms. The maximum atomic E-state index is 7.04. The molecule has 6 rings (SSSR count). The van der Waals surface area contributed by atoms with E-state index in [-0.39, 0.29) is 5.41 Å². The van der Waals surface area contributed by atoms with Crippen LogP contribution >= 0.6 is 0 Å². The zero-order valence-corrected chi connectivity index (χ0v) is 37.5. The van der Waals surface area contributed by atoms with Crippen molar-refractivity contribution in [2.24, 2.45) is 0 Å². The fourth-order valence-corrected chi connectivity index (χ4v) is 8.40. The third kappa shape index (κ3) is 8.50. The first kappa shape index (κ1) is 43.9. The van der Waals surface area contributed by atoms with E-state index in [2.05, 4.69) is 121 Å². The average molecular weight is 786 g/mol. The van der Waals surface area contributed by atoms with Crippen LogP contribution in [-0.2, 0) is 5.41 Å². The zero-order valence-electron chi connectivity index (χ0n) is 37.5. The van der Waals surface area contributed by atoms with Gasteiger partial charge in [0.15, 0.2) is 0 Å². The molecule has 0 unspecified atom stereocenters. The molecule has 1 aliphatic carbocycles. The Morgan fingerprint density at radius 1 is 0.900 bits per heavy atom. The monoisotopic (exact) mass is 786 g/mol. The number of furan rings is 1. The van der Waals surface area contributed by atoms with Gasteiger partial charge in [0.2, 0.25) is 0 Å². The molecule has 298 valence electrons. The van der Waals surface area contributed by atoms with Gasteiger partial charge < -0.3 is 0 Å². The molecule has 0 atom stereocenters. The predicted molar refractivity (Wildman–Crippen MR) is 265 cm³/mol. The predicted octanol–water partition coefficient (Wildman–Crippen LogP) is 9.93. The Hall–Kier alpha value is -5.69. The molecule has 0 spiro atoms. The van der Waals surface area contributed by atoms with E-state index in [4.69, 9.17) is 30.4 Å². The topological polar surface area (TPSA) is 77.8 Å². The van der Waals surface area contributed by atoms with Gasteiger partial charge in [0.25, 0.3) is 0 Å². The summed E-state index contributed by atoms with van der Waals surface area (Å²) >= 11 is 0. The normalized spacial score (nSPS) is 14.5. The average Bonchev–Trinajstić information content (AvgIpc) is 3.90. The Morgan fingerprint density at radius 3 is 2.25 bits per heavy atom. The van der Waals surface area contributed by atoms with Crippen molar-refractivity contribution >= 4 is 69.8 Å². The van der Waals surface area contributed by atoms with Gasteiger partial charge >= 0.3 is 293 Å². The van der Waals surface area contributed by atoms with E-state index >= 15 is 0 Å². The number of hydrogen-bond donors (Lipinski definition) is 0. The van der Waals surface area contributed by atoms with Gasteiger partial charge in [-0.2, -0.15) is 0 Å². The fraction of sp³-hybridized carbons (Fsp3) is 0.245. The molecule has 3 heterocycles. The third-order valence-electron chi connectivity index (χ3n) is 11.5. The van der Waals surface area contributed by atoms with E-state index in [1.54, 1.807) is 6.39 Å². The van der Waals surface area contributed by atoms with Gasteiger partial charge in [-0.25, -0.2) is 0 Å². The first-order chi connectivity index (χ1) is 29.0. The minimum absolute atomic E-state index is 0.200. The summed E-state index contributed by atoms with van der Waals surface area (Å²) in [6.07, 6.45) is 10.0. The quantitative estimate of drug-likeness (QED) is 0.0777. The second-order valence-corrected chi connectivity index (χ2v) is 15.7. The van der Waals surface area contributed by atoms with Gasteiger partial charge in [0, 0.05) is 0 Å². The molecule has 0 saturated heterocycles. The zero-order chi connectivity index (χ0) is 43.1. The van der Waals surface area contributed by atoms with Crippen LogP contribution in [0.5, 0.6) is 0 Å². The summed E-state index contributed by atoms with van der Waals surface area (Å²) in [7, 11) is 3.31. The van der Waals surface area contributed by atoms with Crippen LogP contribution in [0.2, 0.25) is 34.1 Å². The molecule has 0 N–H and O–H groups in total. The minimum atomic E-state index is -0.200. The van der Waals surface area contributed by atoms with E-state index < -0.39 is 0 Å². The van der Waals surface area contributed by atoms with Crippen LogP contribution in [0.1, 0.15) is 90.1 Å². The first-order valence-electron chi connectivity index (χ1n) is 21.4. The maximum absolute atomic E-state index is 7.04. The first-order valence-corrected chi connectivity index (χ1v) is 21.4. The standard InChI is InChI=1S/C49H55B5N4O2/c1-13-18-35(25-50-8)47-56-46(33-19-16-15-17-20-33)57-48(58-47)40(53-11)24-32(14-2)38(27-52-10)43-30(4)37(26-51-9)42(60-43)29(3)34-21-22-36-39(23-34)49(6,7)45(54-12)41(36)44-31(5)55-28-59-44/h13-28,50,52-54H,3H2,1-2,4-12H3/b18-13-,32-14+,35-25+,38-27-,40-24-. The van der Waals surface area contributed by atoms with Crippen molar-refractivity contribution in [2.45, 2.75) is 81.1 Å². The van der Waals surface area contributed by atoms with Crippen LogP contribution in [0, 0.1) is 13.8 Å². The molecule has 0 fully saturated rings. The molecule has 11 heteroatoms. The van der Waals surface area contributed by atoms with Crippen LogP contribution < -0.4 is 0 Å². The van der Waals surface area contributed by atoms with Crippen molar-refractivity contribution in [2.75, 3.05) is 0 Å². The van der Waals surface area contributed by atoms with E-state index in [0.717, 1.165) is 108 Å². The second kappa shape index (κ2) is 19.1. The summed E-state index contributed by atoms with van der Waals surface area (Å²) in [6.45, 7) is 30.3. The van der Waals surface area contributed by atoms with E-state index in [9.17, 15) is 0 Å². The third-order valence-corrected chi connectivity index (χ3v) is 11.5. The molecule has 2 aromatic carbocycles. The molecule has 0 amide bonds. The van der Waals surface area contributed by atoms with Crippen LogP contribution in [0.25, 0.3) is 39.2 Å². The number of allylic oxidation sites excluding steroid dienone is 8. The Bertz CT molecular complexity index is 2640. The summed E-state index contributed by atoms with van der Waals surface area (Å²) in [5, 5.41) is 0. The molecule has 0 radical (unpaired) electrons. The summed E-state index contributed by atoms with van der Waals surface area (Å²) in [4.78, 5) is 19.6. The Balaban J connectivity index is 1.45. The van der Waals surface area contributed by atoms with Crippen molar-refractivity contribution in [3.05, 3.63) is 171 Å². The van der Waals surface area contributed by atoms with E-state index in [0.29, 0.717) is 17.5 Å². The number of benzene rings is 2. The van der Waals surface area contributed by atoms with Gasteiger partial charge in [-0.3, -0.25) is 0 Å². The molecule has 6 nitrogen and oxygen atoms in total. The second-order valence-electron chi connectivity index (χ2n) is 15.7. The number of fused-ring (bicyclic) bond motifs is 1. The summed E-state index contributed by atoms with van der Waals surface area (Å²) < 4.78 is 13.0. The van der Waals surface area contributed by atoms with Crippen LogP contribution in [0.4, 0.5) is 0 Å². The summed E-state index contributed by atoms with van der Waals surface area (Å²) in [6, 6.07) is 16.8. The van der Waals surface area contributed by atoms with Crippen LogP contribution in [0.3, 0.4) is 0 Å². The number of rotatable bonds is 15. The summed E-state index contributed by atoms with van der Waals surface area (Å²) in [5.74, 6) is 10.9. The number of hydrogen-bond acceptors (Lipinski definition) is 6. The van der Waals surface area contributed by atoms with Crippen LogP contribution in [0.15, 0.2) is 118 Å². The van der Waals surface area contributed by atoms with Crippen LogP contribution in [-0.4, -0.2) is 61.9 Å². The molecule has 0 aliphatic heterocycles. The van der Waals surface area contributed by atoms with Gasteiger partial charge in [0.05, 0.1) is 0 Å². The van der Waals surface area contributed by atoms with E-state index in [1.807, 2.05) is 57.1 Å². The SMILES string of the molecule is C=C(c1ccc2c(c1)C(C)(C)C(BC)=C2c1ocnc1C)c1oc(C(=C\BC)/C(=C/C)/C=C(\BC)c2nc(C(/C=C\C)=C/BC)nc(-c3ccccc3)n2)c(C)c1/C=B\C. The van der Waals surface area contributed by atoms with Crippen molar-refractivity contribution < 1.29 is 8.83 Å². The van der Waals surface area contributed by atoms with Gasteiger partial charge in [-0.1, -0.05) is 49.3 Å². The molecule has 0 bridgehead atoms. The molecule has 5 aromatic rings. The van der Waals surface area contributed by atoms with Crippen molar-refractivity contribution in [1.82, 2.24) is 19.9 Å². The molecule has 3 aromatic heterocycles. The summed E-state index contributed by atoms with van der Waals surface area (Å²) in [5.41, 5.74) is 14.6. The Morgan fingerprint density at radius 2 is 1.63 bits per heavy atom. The Labute approximate surface area is 360 Å². The van der Waals surface area contributed by atoms with Gasteiger partial charge in [-0.05, 0) is 6.92 Å². The van der Waals surface area contributed by atoms with Crippen molar-refractivity contribution in [3.8, 4) is 11.4 Å². The fourth-order valence-electron chi connectivity index (χ4n) is 8.40. The molecule has 0 saturated carbocycles. The Kier molecular flexibility index (Phi) is 14.0. The van der Waals surface area contributed by atoms with Gasteiger partial charge in [0.1, 0.15) is 7.28 Å². The number of nitrogens with zero attached hydrogens (tertiary/aromatic N) is 4. The number of oxazole rings is 1. The number of aryl methyl sites for hydroxylation is 1. The molecular weight excluding hydrogens is 731 g/mol. The number of aromatic nitrogens is 4. The van der Waals surface area contributed by atoms with Crippen molar-refractivity contribution in [1.29, 1.82) is 0 Å². The van der Waals surface area contributed by atoms with Gasteiger partial charge in [-0.15, -0.1) is 5.98 Å². The van der Waals surface area contributed by atoms with E-state index in [1.165, 1.54) is 16.6 Å². The van der Waals surface area contributed by atoms with Crippen molar-refractivity contribution in [3.63, 3.8) is 0 Å².